The zero-order valence-corrected chi connectivity index (χ0v) is 16.5. The molecule has 4 heterocycles. The molecule has 0 N–H and O–H groups in total. The normalized spacial score (nSPS) is 17.8. The molecule has 150 valence electrons. The van der Waals surface area contributed by atoms with Crippen molar-refractivity contribution in [1.82, 2.24) is 29.5 Å². The highest BCUT2D eigenvalue weighted by Gasteiger charge is 2.27. The molecule has 1 fully saturated rings. The van der Waals surface area contributed by atoms with Crippen molar-refractivity contribution >= 4 is 5.91 Å². The average molecular weight is 384 g/mol. The summed E-state index contributed by atoms with van der Waals surface area (Å²) in [7, 11) is 1.96. The summed E-state index contributed by atoms with van der Waals surface area (Å²) < 4.78 is 7.66. The van der Waals surface area contributed by atoms with Crippen molar-refractivity contribution in [1.29, 1.82) is 0 Å². The Labute approximate surface area is 165 Å². The van der Waals surface area contributed by atoms with Crippen LogP contribution in [0.5, 0.6) is 5.88 Å². The molecule has 0 aliphatic carbocycles. The summed E-state index contributed by atoms with van der Waals surface area (Å²) in [6.45, 7) is 4.29. The van der Waals surface area contributed by atoms with Crippen LogP contribution in [0.3, 0.4) is 0 Å². The number of aromatic nitrogens is 4. The molecule has 0 bridgehead atoms. The Bertz CT molecular complexity index is 799. The molecule has 1 saturated heterocycles. The quantitative estimate of drug-likeness (QED) is 0.779. The second-order valence-electron chi connectivity index (χ2n) is 7.58. The maximum Gasteiger partial charge on any atom is 0.237 e. The van der Waals surface area contributed by atoms with Gasteiger partial charge in [0.15, 0.2) is 0 Å². The number of amides is 1. The molecule has 0 aromatic carbocycles. The fourth-order valence-electron chi connectivity index (χ4n) is 4.09. The first kappa shape index (κ1) is 18.9. The number of likely N-dealkylation sites (tertiary alicyclic amines) is 1. The number of fused-ring (bicyclic) bond motifs is 1. The van der Waals surface area contributed by atoms with E-state index in [4.69, 9.17) is 4.74 Å². The van der Waals surface area contributed by atoms with Crippen molar-refractivity contribution < 1.29 is 9.53 Å². The van der Waals surface area contributed by atoms with Gasteiger partial charge in [0.05, 0.1) is 12.7 Å². The van der Waals surface area contributed by atoms with Gasteiger partial charge in [-0.2, -0.15) is 5.10 Å². The number of hydrogen-bond donors (Lipinski definition) is 0. The lowest BCUT2D eigenvalue weighted by Crippen LogP contribution is -2.43. The number of carbonyl (C=O) groups excluding carboxylic acids is 1. The van der Waals surface area contributed by atoms with E-state index in [1.54, 1.807) is 18.6 Å². The predicted molar refractivity (Wildman–Crippen MR) is 104 cm³/mol. The van der Waals surface area contributed by atoms with E-state index in [-0.39, 0.29) is 5.91 Å². The molecule has 0 spiro atoms. The second kappa shape index (κ2) is 8.68. The number of aryl methyl sites for hydroxylation is 1. The Kier molecular flexibility index (Phi) is 5.85. The molecular weight excluding hydrogens is 356 g/mol. The van der Waals surface area contributed by atoms with Crippen LogP contribution >= 0.6 is 0 Å². The lowest BCUT2D eigenvalue weighted by molar-refractivity contribution is -0.133. The van der Waals surface area contributed by atoms with Crippen LogP contribution in [0.2, 0.25) is 0 Å². The Morgan fingerprint density at radius 2 is 1.96 bits per heavy atom. The molecule has 0 unspecified atom stereocenters. The van der Waals surface area contributed by atoms with Gasteiger partial charge in [0, 0.05) is 50.2 Å². The molecule has 8 nitrogen and oxygen atoms in total. The molecule has 4 rings (SSSR count). The van der Waals surface area contributed by atoms with Crippen LogP contribution in [0.25, 0.3) is 0 Å². The number of hydrogen-bond acceptors (Lipinski definition) is 6. The minimum atomic E-state index is 0.220. The molecular formula is C20H28N6O2. The first-order valence-electron chi connectivity index (χ1n) is 10.1. The van der Waals surface area contributed by atoms with Crippen LogP contribution in [0.1, 0.15) is 42.6 Å². The van der Waals surface area contributed by atoms with Gasteiger partial charge in [-0.05, 0) is 25.9 Å². The molecule has 2 aromatic heterocycles. The SMILES string of the molecule is Cn1nc(COc2cnccn2)c2c1CCN(C(=O)CN1CCCCCC1)C2. The second-order valence-corrected chi connectivity index (χ2v) is 7.58. The largest absolute Gasteiger partial charge is 0.470 e. The van der Waals surface area contributed by atoms with Crippen molar-refractivity contribution in [3.05, 3.63) is 35.5 Å². The van der Waals surface area contributed by atoms with Crippen LogP contribution in [-0.4, -0.2) is 61.6 Å². The molecule has 28 heavy (non-hydrogen) atoms. The lowest BCUT2D eigenvalue weighted by Gasteiger charge is -2.30. The van der Waals surface area contributed by atoms with Gasteiger partial charge in [0.1, 0.15) is 12.3 Å². The first-order chi connectivity index (χ1) is 13.7. The van der Waals surface area contributed by atoms with Gasteiger partial charge >= 0.3 is 0 Å². The summed E-state index contributed by atoms with van der Waals surface area (Å²) in [5, 5.41) is 4.62. The summed E-state index contributed by atoms with van der Waals surface area (Å²) in [4.78, 5) is 25.3. The van der Waals surface area contributed by atoms with Crippen molar-refractivity contribution in [3.63, 3.8) is 0 Å². The molecule has 2 aliphatic rings. The Balaban J connectivity index is 1.41. The van der Waals surface area contributed by atoms with Crippen LogP contribution in [0.4, 0.5) is 0 Å². The van der Waals surface area contributed by atoms with Gasteiger partial charge in [0.25, 0.3) is 0 Å². The van der Waals surface area contributed by atoms with Crippen molar-refractivity contribution in [2.45, 2.75) is 45.3 Å². The summed E-state index contributed by atoms with van der Waals surface area (Å²) in [6.07, 6.45) is 10.6. The Hall–Kier alpha value is -2.48. The average Bonchev–Trinajstić information content (AvgIpc) is 2.87. The standard InChI is InChI=1S/C20H28N6O2/c1-24-18-6-11-26(20(27)14-25-9-4-2-3-5-10-25)13-16(18)17(23-24)15-28-19-12-21-7-8-22-19/h7-8,12H,2-6,9-11,13-15H2,1H3. The minimum absolute atomic E-state index is 0.220. The van der Waals surface area contributed by atoms with E-state index in [1.165, 1.54) is 31.4 Å². The fourth-order valence-corrected chi connectivity index (χ4v) is 4.09. The topological polar surface area (TPSA) is 76.4 Å². The summed E-state index contributed by atoms with van der Waals surface area (Å²) in [5.74, 6) is 0.698. The summed E-state index contributed by atoms with van der Waals surface area (Å²) >= 11 is 0. The number of ether oxygens (including phenoxy) is 1. The number of carbonyl (C=O) groups is 1. The van der Waals surface area contributed by atoms with Crippen molar-refractivity contribution in [3.8, 4) is 5.88 Å². The van der Waals surface area contributed by atoms with Crippen molar-refractivity contribution in [2.24, 2.45) is 7.05 Å². The maximum atomic E-state index is 12.9. The molecule has 0 radical (unpaired) electrons. The zero-order chi connectivity index (χ0) is 19.3. The highest BCUT2D eigenvalue weighted by molar-refractivity contribution is 5.78. The monoisotopic (exact) mass is 384 g/mol. The smallest absolute Gasteiger partial charge is 0.237 e. The van der Waals surface area contributed by atoms with E-state index in [9.17, 15) is 4.79 Å². The first-order valence-corrected chi connectivity index (χ1v) is 10.1. The van der Waals surface area contributed by atoms with E-state index in [0.29, 0.717) is 25.6 Å². The lowest BCUT2D eigenvalue weighted by atomic mass is 10.1. The number of rotatable bonds is 5. The number of nitrogens with zero attached hydrogens (tertiary/aromatic N) is 6. The molecule has 1 amide bonds. The fraction of sp³-hybridized carbons (Fsp3) is 0.600. The zero-order valence-electron chi connectivity index (χ0n) is 16.5. The van der Waals surface area contributed by atoms with Gasteiger partial charge in [-0.15, -0.1) is 0 Å². The van der Waals surface area contributed by atoms with Gasteiger partial charge in [-0.1, -0.05) is 12.8 Å². The summed E-state index contributed by atoms with van der Waals surface area (Å²) in [6, 6.07) is 0. The minimum Gasteiger partial charge on any atom is -0.470 e. The highest BCUT2D eigenvalue weighted by Crippen LogP contribution is 2.23. The third-order valence-electron chi connectivity index (χ3n) is 5.63. The van der Waals surface area contributed by atoms with Gasteiger partial charge in [-0.3, -0.25) is 19.4 Å². The van der Waals surface area contributed by atoms with E-state index in [0.717, 1.165) is 37.3 Å². The molecule has 2 aromatic rings. The van der Waals surface area contributed by atoms with E-state index >= 15 is 0 Å². The van der Waals surface area contributed by atoms with Gasteiger partial charge in [0.2, 0.25) is 11.8 Å². The van der Waals surface area contributed by atoms with E-state index in [1.807, 2.05) is 16.6 Å². The summed E-state index contributed by atoms with van der Waals surface area (Å²) in [5.41, 5.74) is 3.17. The maximum absolute atomic E-state index is 12.9. The Morgan fingerprint density at radius 1 is 1.14 bits per heavy atom. The van der Waals surface area contributed by atoms with E-state index in [2.05, 4.69) is 20.0 Å². The van der Waals surface area contributed by atoms with Crippen molar-refractivity contribution in [2.75, 3.05) is 26.2 Å². The molecule has 0 atom stereocenters. The molecule has 8 heteroatoms. The molecule has 2 aliphatic heterocycles. The van der Waals surface area contributed by atoms with Crippen LogP contribution in [0, 0.1) is 0 Å². The highest BCUT2D eigenvalue weighted by atomic mass is 16.5. The van der Waals surface area contributed by atoms with Gasteiger partial charge in [-0.25, -0.2) is 4.98 Å². The van der Waals surface area contributed by atoms with E-state index < -0.39 is 0 Å². The molecule has 0 saturated carbocycles. The third kappa shape index (κ3) is 4.32. The van der Waals surface area contributed by atoms with Crippen LogP contribution in [0.15, 0.2) is 18.6 Å². The van der Waals surface area contributed by atoms with Crippen LogP contribution in [-0.2, 0) is 31.4 Å². The van der Waals surface area contributed by atoms with Gasteiger partial charge < -0.3 is 9.64 Å². The van der Waals surface area contributed by atoms with Crippen LogP contribution < -0.4 is 4.74 Å². The Morgan fingerprint density at radius 3 is 2.71 bits per heavy atom. The third-order valence-corrected chi connectivity index (χ3v) is 5.63. The predicted octanol–water partition coefficient (Wildman–Crippen LogP) is 1.55.